The molecule has 6 heteroatoms. The van der Waals surface area contributed by atoms with E-state index in [4.69, 9.17) is 11.0 Å². The zero-order chi connectivity index (χ0) is 6.62. The maximum Gasteiger partial charge on any atom is 0.335 e. The van der Waals surface area contributed by atoms with Crippen molar-refractivity contribution in [1.29, 1.82) is 0 Å². The molecule has 8 heavy (non-hydrogen) atoms. The van der Waals surface area contributed by atoms with E-state index in [0.29, 0.717) is 0 Å². The molecule has 0 saturated carbocycles. The average molecular weight is 154 g/mol. The molecule has 0 aliphatic heterocycles. The normalized spacial score (nSPS) is 11.2. The van der Waals surface area contributed by atoms with Gasteiger partial charge in [-0.05, 0) is 0 Å². The van der Waals surface area contributed by atoms with Gasteiger partial charge in [-0.15, -0.1) is 0 Å². The lowest BCUT2D eigenvalue weighted by Gasteiger charge is -2.02. The molecule has 0 aromatic rings. The van der Waals surface area contributed by atoms with Crippen LogP contribution in [0.3, 0.4) is 0 Å². The van der Waals surface area contributed by atoms with Gasteiger partial charge in [-0.25, -0.2) is 11.0 Å². The minimum absolute atomic E-state index is 0.0552. The Balaban J connectivity index is 3.40. The largest absolute Gasteiger partial charge is 0.335 e. The molecule has 0 spiro atoms. The first kappa shape index (κ1) is 8.20. The van der Waals surface area contributed by atoms with Crippen LogP contribution in [0.25, 0.3) is 0 Å². The van der Waals surface area contributed by atoms with E-state index in [-0.39, 0.29) is 6.61 Å². The van der Waals surface area contributed by atoms with Crippen molar-refractivity contribution < 1.29 is 9.09 Å². The van der Waals surface area contributed by atoms with Crippen LogP contribution in [-0.4, -0.2) is 12.0 Å². The van der Waals surface area contributed by atoms with Gasteiger partial charge in [0.25, 0.3) is 0 Å². The monoisotopic (exact) mass is 154 g/mol. The molecule has 48 valence electrons. The van der Waals surface area contributed by atoms with E-state index in [1.807, 2.05) is 0 Å². The van der Waals surface area contributed by atoms with E-state index in [9.17, 15) is 4.57 Å². The fourth-order valence-electron chi connectivity index (χ4n) is 0.147. The Morgan fingerprint density at radius 2 is 2.25 bits per heavy atom. The van der Waals surface area contributed by atoms with Crippen molar-refractivity contribution in [3.05, 3.63) is 0 Å². The Hall–Kier alpha value is 0.200. The van der Waals surface area contributed by atoms with Crippen LogP contribution in [0.1, 0.15) is 0 Å². The summed E-state index contributed by atoms with van der Waals surface area (Å²) in [5.74, 6) is 0. The quantitative estimate of drug-likeness (QED) is 0.443. The highest BCUT2D eigenvalue weighted by Crippen LogP contribution is 2.24. The van der Waals surface area contributed by atoms with Gasteiger partial charge in [0.1, 0.15) is 0 Å². The van der Waals surface area contributed by atoms with Gasteiger partial charge in [0, 0.05) is 5.37 Å². The molecular weight excluding hydrogens is 147 g/mol. The van der Waals surface area contributed by atoms with Crippen LogP contribution in [0.4, 0.5) is 0 Å². The molecule has 0 atom stereocenters. The highest BCUT2D eigenvalue weighted by atomic mass is 32.1. The summed E-state index contributed by atoms with van der Waals surface area (Å²) in [5, 5.41) is 1.26. The minimum atomic E-state index is -3.28. The van der Waals surface area contributed by atoms with Gasteiger partial charge in [-0.2, -0.15) is 0 Å². The predicted molar refractivity (Wildman–Crippen MR) is 35.6 cm³/mol. The molecule has 0 bridgehead atoms. The molecule has 0 aromatic carbocycles. The first-order valence-electron chi connectivity index (χ1n) is 1.81. The molecule has 0 aliphatic rings. The first-order valence-corrected chi connectivity index (χ1v) is 4.05. The van der Waals surface area contributed by atoms with E-state index in [0.717, 1.165) is 0 Å². The molecule has 0 unspecified atom stereocenters. The van der Waals surface area contributed by atoms with E-state index in [1.165, 1.54) is 5.37 Å². The van der Waals surface area contributed by atoms with Gasteiger partial charge in [-0.1, -0.05) is 12.2 Å². The Labute approximate surface area is 52.7 Å². The topological polar surface area (TPSA) is 78.3 Å². The number of hydrogen-bond acceptors (Lipinski definition) is 3. The lowest BCUT2D eigenvalue weighted by Crippen LogP contribution is -2.08. The summed E-state index contributed by atoms with van der Waals surface area (Å²) in [6.07, 6.45) is 0. The predicted octanol–water partition coefficient (Wildman–Crippen LogP) is 0.0282. The summed E-state index contributed by atoms with van der Waals surface area (Å²) in [6, 6.07) is 0. The summed E-state index contributed by atoms with van der Waals surface area (Å²) in [5.41, 5.74) is 9.53. The average Bonchev–Trinajstić information content (AvgIpc) is 1.59. The van der Waals surface area contributed by atoms with Gasteiger partial charge in [0.05, 0.1) is 6.61 Å². The van der Waals surface area contributed by atoms with Gasteiger partial charge >= 0.3 is 7.67 Å². The van der Waals surface area contributed by atoms with Crippen LogP contribution in [0.15, 0.2) is 0 Å². The number of rotatable bonds is 3. The second-order valence-electron chi connectivity index (χ2n) is 1.11. The Bertz CT molecular complexity index is 121. The summed E-state index contributed by atoms with van der Waals surface area (Å²) in [6.45, 7) is 0.0552. The number of hydrogen-bond donors (Lipinski definition) is 2. The van der Waals surface area contributed by atoms with Crippen LogP contribution in [0, 0.1) is 0 Å². The van der Waals surface area contributed by atoms with Crippen molar-refractivity contribution >= 4 is 25.3 Å². The van der Waals surface area contributed by atoms with Crippen LogP contribution in [0.2, 0.25) is 0 Å². The highest BCUT2D eigenvalue weighted by molar-refractivity contribution is 7.79. The molecule has 0 rings (SSSR count). The zero-order valence-corrected chi connectivity index (χ0v) is 5.82. The van der Waals surface area contributed by atoms with Crippen LogP contribution >= 0.6 is 19.9 Å². The fourth-order valence-corrected chi connectivity index (χ4v) is 0.623. The van der Waals surface area contributed by atoms with Crippen LogP contribution in [-0.2, 0) is 9.09 Å². The number of thiocarbonyl (C=S) groups is 1. The van der Waals surface area contributed by atoms with Gasteiger partial charge in [-0.3, -0.25) is 4.57 Å². The van der Waals surface area contributed by atoms with E-state index in [2.05, 4.69) is 16.7 Å². The molecule has 0 aliphatic carbocycles. The van der Waals surface area contributed by atoms with E-state index in [1.54, 1.807) is 0 Å². The molecule has 0 saturated heterocycles. The molecular formula is C2H7N2O2PS. The van der Waals surface area contributed by atoms with E-state index < -0.39 is 7.67 Å². The molecule has 0 fully saturated rings. The van der Waals surface area contributed by atoms with Crippen molar-refractivity contribution in [2.24, 2.45) is 11.0 Å². The summed E-state index contributed by atoms with van der Waals surface area (Å²) in [4.78, 5) is 0. The summed E-state index contributed by atoms with van der Waals surface area (Å²) in [7, 11) is -3.28. The van der Waals surface area contributed by atoms with Crippen molar-refractivity contribution in [3.8, 4) is 0 Å². The van der Waals surface area contributed by atoms with Crippen LogP contribution in [0.5, 0.6) is 0 Å². The second kappa shape index (κ2) is 3.27. The van der Waals surface area contributed by atoms with Gasteiger partial charge in [0.2, 0.25) is 0 Å². The molecule has 0 aromatic heterocycles. The highest BCUT2D eigenvalue weighted by Gasteiger charge is 2.04. The molecule has 0 radical (unpaired) electrons. The standard InChI is InChI=1S/C2H7N2O2PS/c3-7(4,5)6-1-2-8/h2H,1H2,(H4,3,4,5). The maximum absolute atomic E-state index is 10.2. The third kappa shape index (κ3) is 6.20. The fraction of sp³-hybridized carbons (Fsp3) is 0.500. The van der Waals surface area contributed by atoms with Crippen molar-refractivity contribution in [3.63, 3.8) is 0 Å². The lowest BCUT2D eigenvalue weighted by atomic mass is 10.9. The molecule has 0 amide bonds. The van der Waals surface area contributed by atoms with Crippen molar-refractivity contribution in [2.75, 3.05) is 6.61 Å². The third-order valence-corrected chi connectivity index (χ3v) is 1.03. The Morgan fingerprint density at radius 3 is 2.38 bits per heavy atom. The van der Waals surface area contributed by atoms with Gasteiger partial charge < -0.3 is 4.52 Å². The van der Waals surface area contributed by atoms with E-state index >= 15 is 0 Å². The van der Waals surface area contributed by atoms with Crippen molar-refractivity contribution in [2.45, 2.75) is 0 Å². The molecule has 0 heterocycles. The van der Waals surface area contributed by atoms with Crippen LogP contribution < -0.4 is 11.0 Å². The molecule has 4 N–H and O–H groups in total. The maximum atomic E-state index is 10.2. The smallest absolute Gasteiger partial charge is 0.301 e. The number of nitrogens with two attached hydrogens (primary N) is 2. The Kier molecular flexibility index (Phi) is 3.35. The Morgan fingerprint density at radius 1 is 1.75 bits per heavy atom. The zero-order valence-electron chi connectivity index (χ0n) is 4.11. The van der Waals surface area contributed by atoms with Crippen molar-refractivity contribution in [1.82, 2.24) is 0 Å². The van der Waals surface area contributed by atoms with Gasteiger partial charge in [0.15, 0.2) is 0 Å². The lowest BCUT2D eigenvalue weighted by molar-refractivity contribution is 0.369. The third-order valence-electron chi connectivity index (χ3n) is 0.344. The SMILES string of the molecule is NP(N)(=O)OCC=S. The summed E-state index contributed by atoms with van der Waals surface area (Å²) >= 11 is 4.34. The minimum Gasteiger partial charge on any atom is -0.301 e. The summed E-state index contributed by atoms with van der Waals surface area (Å²) < 4.78 is 14.6. The molecule has 4 nitrogen and oxygen atoms in total. The second-order valence-corrected chi connectivity index (χ2v) is 2.99. The first-order chi connectivity index (χ1) is 3.56.